The van der Waals surface area contributed by atoms with Crippen LogP contribution in [0.5, 0.6) is 0 Å². The van der Waals surface area contributed by atoms with Crippen molar-refractivity contribution in [3.8, 4) is 0 Å². The molecule has 0 bridgehead atoms. The van der Waals surface area contributed by atoms with Crippen LogP contribution in [0.3, 0.4) is 0 Å². The van der Waals surface area contributed by atoms with Crippen LogP contribution >= 0.6 is 11.8 Å². The lowest BCUT2D eigenvalue weighted by atomic mass is 10.2. The summed E-state index contributed by atoms with van der Waals surface area (Å²) in [6, 6.07) is 6.36. The van der Waals surface area contributed by atoms with Crippen LogP contribution in [0, 0.1) is 0 Å². The molecule has 0 aliphatic carbocycles. The van der Waals surface area contributed by atoms with Crippen LogP contribution in [-0.2, 0) is 4.79 Å². The van der Waals surface area contributed by atoms with E-state index in [0.29, 0.717) is 23.5 Å². The zero-order valence-electron chi connectivity index (χ0n) is 10.1. The fourth-order valence-corrected chi connectivity index (χ4v) is 2.52. The molecule has 1 aliphatic rings. The second-order valence-electron chi connectivity index (χ2n) is 4.03. The molecular weight excluding hydrogens is 266 g/mol. The molecule has 0 atom stereocenters. The van der Waals surface area contributed by atoms with Crippen molar-refractivity contribution < 1.29 is 14.4 Å². The molecule has 1 aromatic carbocycles. The molecule has 0 spiro atoms. The predicted molar refractivity (Wildman–Crippen MR) is 73.0 cm³/mol. The van der Waals surface area contributed by atoms with Crippen molar-refractivity contribution in [2.45, 2.75) is 0 Å². The number of nitrogens with zero attached hydrogens (tertiary/aromatic N) is 1. The Labute approximate surface area is 114 Å². The largest absolute Gasteiger partial charge is 0.366 e. The smallest absolute Gasteiger partial charge is 0.282 e. The van der Waals surface area contributed by atoms with E-state index in [-0.39, 0.29) is 17.7 Å². The molecular formula is C12H13N3O3S. The zero-order chi connectivity index (χ0) is 13.8. The molecule has 0 aromatic heterocycles. The van der Waals surface area contributed by atoms with E-state index in [9.17, 15) is 14.4 Å². The first-order valence-electron chi connectivity index (χ1n) is 5.67. The first kappa shape index (κ1) is 13.4. The molecule has 1 aromatic rings. The summed E-state index contributed by atoms with van der Waals surface area (Å²) in [5, 5.41) is 2.55. The van der Waals surface area contributed by atoms with Crippen LogP contribution in [0.4, 0.5) is 10.5 Å². The number of anilines is 1. The maximum absolute atomic E-state index is 11.8. The Morgan fingerprint density at radius 1 is 1.42 bits per heavy atom. The van der Waals surface area contributed by atoms with E-state index in [4.69, 9.17) is 5.73 Å². The summed E-state index contributed by atoms with van der Waals surface area (Å²) < 4.78 is 0. The first-order chi connectivity index (χ1) is 9.06. The Morgan fingerprint density at radius 2 is 2.21 bits per heavy atom. The number of nitrogens with two attached hydrogens (primary N) is 1. The van der Waals surface area contributed by atoms with E-state index in [2.05, 4.69) is 5.32 Å². The van der Waals surface area contributed by atoms with Crippen LogP contribution in [0.15, 0.2) is 24.3 Å². The van der Waals surface area contributed by atoms with Gasteiger partial charge in [-0.15, -0.1) is 0 Å². The minimum atomic E-state index is -0.554. The monoisotopic (exact) mass is 279 g/mol. The second-order valence-corrected chi connectivity index (χ2v) is 5.08. The lowest BCUT2D eigenvalue weighted by Gasteiger charge is -2.14. The van der Waals surface area contributed by atoms with E-state index in [1.165, 1.54) is 22.7 Å². The molecule has 1 saturated heterocycles. The van der Waals surface area contributed by atoms with Crippen molar-refractivity contribution in [2.24, 2.45) is 5.73 Å². The van der Waals surface area contributed by atoms with Crippen molar-refractivity contribution in [2.75, 3.05) is 24.2 Å². The number of nitrogens with one attached hydrogen (secondary N) is 1. The lowest BCUT2D eigenvalue weighted by Crippen LogP contribution is -2.33. The van der Waals surface area contributed by atoms with Crippen molar-refractivity contribution in [3.63, 3.8) is 0 Å². The normalized spacial score (nSPS) is 14.5. The summed E-state index contributed by atoms with van der Waals surface area (Å²) in [7, 11) is 0. The molecule has 100 valence electrons. The van der Waals surface area contributed by atoms with Gasteiger partial charge in [0.25, 0.3) is 5.24 Å². The first-order valence-corrected chi connectivity index (χ1v) is 6.66. The molecule has 2 rings (SSSR count). The minimum absolute atomic E-state index is 0.0205. The zero-order valence-corrected chi connectivity index (χ0v) is 10.9. The maximum Gasteiger partial charge on any atom is 0.282 e. The van der Waals surface area contributed by atoms with Gasteiger partial charge in [-0.3, -0.25) is 14.4 Å². The third kappa shape index (κ3) is 3.47. The van der Waals surface area contributed by atoms with E-state index in [0.717, 1.165) is 0 Å². The van der Waals surface area contributed by atoms with Gasteiger partial charge in [-0.1, -0.05) is 17.8 Å². The Balaban J connectivity index is 1.97. The molecule has 1 aliphatic heterocycles. The highest BCUT2D eigenvalue weighted by Gasteiger charge is 2.23. The van der Waals surface area contributed by atoms with Crippen molar-refractivity contribution in [1.29, 1.82) is 0 Å². The van der Waals surface area contributed by atoms with Crippen LogP contribution in [0.25, 0.3) is 0 Å². The van der Waals surface area contributed by atoms with Crippen molar-refractivity contribution >= 4 is 34.5 Å². The van der Waals surface area contributed by atoms with Gasteiger partial charge >= 0.3 is 0 Å². The van der Waals surface area contributed by atoms with Gasteiger partial charge in [0.2, 0.25) is 11.8 Å². The summed E-state index contributed by atoms with van der Waals surface area (Å²) in [5.41, 5.74) is 5.97. The lowest BCUT2D eigenvalue weighted by molar-refractivity contribution is -0.116. The molecule has 6 nitrogen and oxygen atoms in total. The number of hydrogen-bond acceptors (Lipinski definition) is 4. The van der Waals surface area contributed by atoms with Crippen LogP contribution in [-0.4, -0.2) is 40.8 Å². The number of carbonyl (C=O) groups is 3. The number of thioether (sulfide) groups is 1. The standard InChI is InChI=1S/C12H13N3O3S/c13-11(17)8-2-1-3-9(6-8)14-10(16)7-15-4-5-19-12(15)18/h1-3,6H,4-5,7H2,(H2,13,17)(H,14,16). The van der Waals surface area contributed by atoms with E-state index >= 15 is 0 Å². The van der Waals surface area contributed by atoms with Crippen LogP contribution < -0.4 is 11.1 Å². The van der Waals surface area contributed by atoms with Gasteiger partial charge in [0.1, 0.15) is 6.54 Å². The third-order valence-electron chi connectivity index (χ3n) is 2.61. The average Bonchev–Trinajstić information content (AvgIpc) is 2.75. The van der Waals surface area contributed by atoms with Gasteiger partial charge in [0, 0.05) is 23.5 Å². The SMILES string of the molecule is NC(=O)c1cccc(NC(=O)CN2CCSC2=O)c1. The fraction of sp³-hybridized carbons (Fsp3) is 0.250. The summed E-state index contributed by atoms with van der Waals surface area (Å²) in [4.78, 5) is 35.6. The maximum atomic E-state index is 11.8. The molecule has 3 N–H and O–H groups in total. The average molecular weight is 279 g/mol. The van der Waals surface area contributed by atoms with Gasteiger partial charge in [-0.2, -0.15) is 0 Å². The molecule has 0 unspecified atom stereocenters. The highest BCUT2D eigenvalue weighted by molar-refractivity contribution is 8.13. The number of carbonyl (C=O) groups excluding carboxylic acids is 3. The van der Waals surface area contributed by atoms with Crippen molar-refractivity contribution in [1.82, 2.24) is 4.90 Å². The molecule has 1 fully saturated rings. The fourth-order valence-electron chi connectivity index (χ4n) is 1.69. The minimum Gasteiger partial charge on any atom is -0.366 e. The Hall–Kier alpha value is -2.02. The summed E-state index contributed by atoms with van der Waals surface area (Å²) in [5.74, 6) is -0.136. The summed E-state index contributed by atoms with van der Waals surface area (Å²) >= 11 is 1.21. The second kappa shape index (κ2) is 5.75. The van der Waals surface area contributed by atoms with E-state index in [1.54, 1.807) is 18.2 Å². The molecule has 3 amide bonds. The summed E-state index contributed by atoms with van der Waals surface area (Å²) in [6.45, 7) is 0.602. The predicted octanol–water partition coefficient (Wildman–Crippen LogP) is 0.893. The quantitative estimate of drug-likeness (QED) is 0.856. The van der Waals surface area contributed by atoms with Gasteiger partial charge in [0.05, 0.1) is 0 Å². The molecule has 7 heteroatoms. The Bertz CT molecular complexity index is 533. The summed E-state index contributed by atoms with van der Waals surface area (Å²) in [6.07, 6.45) is 0. The number of amides is 3. The number of benzene rings is 1. The molecule has 0 saturated carbocycles. The third-order valence-corrected chi connectivity index (χ3v) is 3.50. The number of rotatable bonds is 4. The van der Waals surface area contributed by atoms with Gasteiger partial charge in [-0.25, -0.2) is 0 Å². The van der Waals surface area contributed by atoms with E-state index < -0.39 is 5.91 Å². The highest BCUT2D eigenvalue weighted by atomic mass is 32.2. The van der Waals surface area contributed by atoms with Gasteiger partial charge in [0.15, 0.2) is 0 Å². The Morgan fingerprint density at radius 3 is 2.84 bits per heavy atom. The van der Waals surface area contributed by atoms with E-state index in [1.807, 2.05) is 0 Å². The number of primary amides is 1. The molecule has 1 heterocycles. The highest BCUT2D eigenvalue weighted by Crippen LogP contribution is 2.17. The number of hydrogen-bond donors (Lipinski definition) is 2. The van der Waals surface area contributed by atoms with Crippen molar-refractivity contribution in [3.05, 3.63) is 29.8 Å². The van der Waals surface area contributed by atoms with Gasteiger partial charge in [-0.05, 0) is 18.2 Å². The Kier molecular flexibility index (Phi) is 4.06. The van der Waals surface area contributed by atoms with Gasteiger partial charge < -0.3 is 16.0 Å². The molecule has 19 heavy (non-hydrogen) atoms. The van der Waals surface area contributed by atoms with Crippen LogP contribution in [0.1, 0.15) is 10.4 Å². The molecule has 0 radical (unpaired) electrons. The topological polar surface area (TPSA) is 92.5 Å². The van der Waals surface area contributed by atoms with Crippen LogP contribution in [0.2, 0.25) is 0 Å².